The Morgan fingerprint density at radius 3 is 2.29 bits per heavy atom. The molecule has 7 heavy (non-hydrogen) atoms. The average molecular weight is 126 g/mol. The average Bonchev–Trinajstić information content (AvgIpc) is 1.61. The van der Waals surface area contributed by atoms with Crippen molar-refractivity contribution in [1.82, 2.24) is 5.48 Å². The van der Waals surface area contributed by atoms with Crippen molar-refractivity contribution in [1.29, 1.82) is 0 Å². The topological polar surface area (TPSA) is 21.3 Å². The van der Waals surface area contributed by atoms with E-state index in [1.54, 1.807) is 7.11 Å². The molecule has 0 unspecified atom stereocenters. The first kappa shape index (κ1) is 10.2. The number of hydrogen-bond donors (Lipinski definition) is 1. The lowest BCUT2D eigenvalue weighted by Crippen LogP contribution is -2.11. The fourth-order valence-corrected chi connectivity index (χ4v) is 0.204. The summed E-state index contributed by atoms with van der Waals surface area (Å²) in [4.78, 5) is 4.53. The molecule has 0 saturated heterocycles. The van der Waals surface area contributed by atoms with Crippen LogP contribution in [0.5, 0.6) is 0 Å². The van der Waals surface area contributed by atoms with Crippen LogP contribution in [-0.4, -0.2) is 13.7 Å². The lowest BCUT2D eigenvalue weighted by atomic mass is 10.5. The van der Waals surface area contributed by atoms with Gasteiger partial charge >= 0.3 is 0 Å². The fourth-order valence-electron chi connectivity index (χ4n) is 0.204. The monoisotopic (exact) mass is 125 g/mol. The number of nitrogens with one attached hydrogen (secondary N) is 1. The zero-order valence-corrected chi connectivity index (χ0v) is 5.55. The van der Waals surface area contributed by atoms with Crippen LogP contribution in [0.15, 0.2) is 0 Å². The Morgan fingerprint density at radius 1 is 1.57 bits per heavy atom. The van der Waals surface area contributed by atoms with Crippen molar-refractivity contribution in [2.45, 2.75) is 13.3 Å². The summed E-state index contributed by atoms with van der Waals surface area (Å²) in [5.41, 5.74) is 2.70. The van der Waals surface area contributed by atoms with Crippen LogP contribution in [0, 0.1) is 0 Å². The molecule has 0 fully saturated rings. The van der Waals surface area contributed by atoms with Gasteiger partial charge in [0.1, 0.15) is 0 Å². The third kappa shape index (κ3) is 10.7. The maximum Gasteiger partial charge on any atom is 0.0572 e. The van der Waals surface area contributed by atoms with Crippen LogP contribution in [0.4, 0.5) is 0 Å². The quantitative estimate of drug-likeness (QED) is 0.448. The van der Waals surface area contributed by atoms with Gasteiger partial charge in [-0.25, -0.2) is 5.48 Å². The molecule has 0 atom stereocenters. The lowest BCUT2D eigenvalue weighted by molar-refractivity contribution is 0.0920. The predicted molar refractivity (Wildman–Crippen MR) is 32.6 cm³/mol. The summed E-state index contributed by atoms with van der Waals surface area (Å²) in [6.07, 6.45) is 1.12. The minimum atomic E-state index is 0. The van der Waals surface area contributed by atoms with Gasteiger partial charge in [-0.1, -0.05) is 6.92 Å². The number of hydroxylamine groups is 1. The molecule has 0 rings (SSSR count). The second-order valence-electron chi connectivity index (χ2n) is 1.10. The Bertz CT molecular complexity index is 23.7. The van der Waals surface area contributed by atoms with E-state index in [2.05, 4.69) is 17.2 Å². The Morgan fingerprint density at radius 2 is 2.14 bits per heavy atom. The van der Waals surface area contributed by atoms with E-state index >= 15 is 0 Å². The van der Waals surface area contributed by atoms with Crippen molar-refractivity contribution in [2.75, 3.05) is 13.7 Å². The third-order valence-electron chi connectivity index (χ3n) is 0.496. The molecule has 0 heterocycles. The molecule has 46 valence electrons. The minimum absolute atomic E-state index is 0. The summed E-state index contributed by atoms with van der Waals surface area (Å²) >= 11 is 0. The smallest absolute Gasteiger partial charge is 0.0572 e. The van der Waals surface area contributed by atoms with Crippen LogP contribution in [0.3, 0.4) is 0 Å². The molecule has 2 nitrogen and oxygen atoms in total. The van der Waals surface area contributed by atoms with E-state index in [0.29, 0.717) is 0 Å². The van der Waals surface area contributed by atoms with Crippen LogP contribution < -0.4 is 5.48 Å². The number of rotatable bonds is 3. The molecular formula is C4H12ClNO. The summed E-state index contributed by atoms with van der Waals surface area (Å²) in [6, 6.07) is 0. The van der Waals surface area contributed by atoms with Crippen LogP contribution in [0.25, 0.3) is 0 Å². The van der Waals surface area contributed by atoms with Crippen molar-refractivity contribution in [2.24, 2.45) is 0 Å². The summed E-state index contributed by atoms with van der Waals surface area (Å²) in [6.45, 7) is 3.03. The van der Waals surface area contributed by atoms with E-state index in [1.165, 1.54) is 0 Å². The maximum atomic E-state index is 4.53. The largest absolute Gasteiger partial charge is 0.305 e. The molecule has 0 saturated carbocycles. The normalized spacial score (nSPS) is 7.71. The van der Waals surface area contributed by atoms with Crippen molar-refractivity contribution in [3.05, 3.63) is 0 Å². The van der Waals surface area contributed by atoms with E-state index in [9.17, 15) is 0 Å². The standard InChI is InChI=1S/C4H11NO.ClH/c1-3-4-5-6-2;/h5H,3-4H2,1-2H3;1H. The molecule has 0 radical (unpaired) electrons. The van der Waals surface area contributed by atoms with Gasteiger partial charge in [-0.2, -0.15) is 0 Å². The first-order valence-corrected chi connectivity index (χ1v) is 2.17. The number of hydrogen-bond acceptors (Lipinski definition) is 2. The highest BCUT2D eigenvalue weighted by Gasteiger charge is 1.71. The van der Waals surface area contributed by atoms with E-state index < -0.39 is 0 Å². The van der Waals surface area contributed by atoms with E-state index in [0.717, 1.165) is 13.0 Å². The summed E-state index contributed by atoms with van der Waals surface area (Å²) in [7, 11) is 1.62. The highest BCUT2D eigenvalue weighted by Crippen LogP contribution is 1.65. The molecule has 0 aromatic carbocycles. The Hall–Kier alpha value is 0.210. The molecule has 0 aliphatic heterocycles. The zero-order chi connectivity index (χ0) is 4.83. The molecule has 0 aliphatic rings. The zero-order valence-electron chi connectivity index (χ0n) is 4.73. The predicted octanol–water partition coefficient (Wildman–Crippen LogP) is 0.969. The summed E-state index contributed by atoms with van der Waals surface area (Å²) in [5.74, 6) is 0. The second-order valence-corrected chi connectivity index (χ2v) is 1.10. The molecule has 0 aliphatic carbocycles. The van der Waals surface area contributed by atoms with Crippen LogP contribution in [0.2, 0.25) is 0 Å². The van der Waals surface area contributed by atoms with Gasteiger partial charge in [-0.15, -0.1) is 12.4 Å². The van der Waals surface area contributed by atoms with Gasteiger partial charge in [0.2, 0.25) is 0 Å². The SMILES string of the molecule is CCCNOC.Cl. The molecule has 3 heteroatoms. The lowest BCUT2D eigenvalue weighted by Gasteiger charge is -1.93. The first-order valence-electron chi connectivity index (χ1n) is 2.17. The number of halogens is 1. The van der Waals surface area contributed by atoms with Gasteiger partial charge in [0.15, 0.2) is 0 Å². The minimum Gasteiger partial charge on any atom is -0.305 e. The van der Waals surface area contributed by atoms with Crippen LogP contribution >= 0.6 is 12.4 Å². The molecule has 0 bridgehead atoms. The molecule has 0 spiro atoms. The molecule has 0 aromatic rings. The van der Waals surface area contributed by atoms with Crippen molar-refractivity contribution >= 4 is 12.4 Å². The van der Waals surface area contributed by atoms with Crippen LogP contribution in [0.1, 0.15) is 13.3 Å². The third-order valence-corrected chi connectivity index (χ3v) is 0.496. The van der Waals surface area contributed by atoms with Gasteiger partial charge in [-0.3, -0.25) is 0 Å². The maximum absolute atomic E-state index is 4.53. The highest BCUT2D eigenvalue weighted by molar-refractivity contribution is 5.85. The van der Waals surface area contributed by atoms with Gasteiger partial charge in [0.25, 0.3) is 0 Å². The van der Waals surface area contributed by atoms with E-state index in [-0.39, 0.29) is 12.4 Å². The molecule has 1 N–H and O–H groups in total. The van der Waals surface area contributed by atoms with Gasteiger partial charge in [-0.05, 0) is 6.42 Å². The first-order chi connectivity index (χ1) is 2.91. The second kappa shape index (κ2) is 9.51. The Balaban J connectivity index is 0. The van der Waals surface area contributed by atoms with E-state index in [4.69, 9.17) is 0 Å². The molecule has 0 aromatic heterocycles. The van der Waals surface area contributed by atoms with Crippen molar-refractivity contribution in [3.8, 4) is 0 Å². The summed E-state index contributed by atoms with van der Waals surface area (Å²) in [5, 5.41) is 0. The van der Waals surface area contributed by atoms with Crippen LogP contribution in [-0.2, 0) is 4.84 Å². The fraction of sp³-hybridized carbons (Fsp3) is 1.00. The highest BCUT2D eigenvalue weighted by atomic mass is 35.5. The van der Waals surface area contributed by atoms with E-state index in [1.807, 2.05) is 0 Å². The summed E-state index contributed by atoms with van der Waals surface area (Å²) < 4.78 is 0. The molecule has 0 amide bonds. The van der Waals surface area contributed by atoms with Gasteiger partial charge in [0.05, 0.1) is 7.11 Å². The van der Waals surface area contributed by atoms with Gasteiger partial charge < -0.3 is 4.84 Å². The van der Waals surface area contributed by atoms with Crippen molar-refractivity contribution in [3.63, 3.8) is 0 Å². The van der Waals surface area contributed by atoms with Gasteiger partial charge in [0, 0.05) is 6.54 Å². The Labute approximate surface area is 50.6 Å². The van der Waals surface area contributed by atoms with Crippen molar-refractivity contribution < 1.29 is 4.84 Å². The molecular weight excluding hydrogens is 114 g/mol. The Kier molecular flexibility index (Phi) is 13.9.